The van der Waals surface area contributed by atoms with E-state index in [9.17, 15) is 4.79 Å². The molecule has 0 bridgehead atoms. The van der Waals surface area contributed by atoms with E-state index in [2.05, 4.69) is 40.3 Å². The van der Waals surface area contributed by atoms with Gasteiger partial charge in [0, 0.05) is 6.04 Å². The topological polar surface area (TPSA) is 29.1 Å². The minimum atomic E-state index is 0.0179. The average Bonchev–Trinajstić information content (AvgIpc) is 2.78. The Morgan fingerprint density at radius 3 is 2.65 bits per heavy atom. The normalized spacial score (nSPS) is 12.2. The van der Waals surface area contributed by atoms with Gasteiger partial charge in [0.05, 0.1) is 8.66 Å². The average molecular weight is 352 g/mol. The first-order valence-corrected chi connectivity index (χ1v) is 8.28. The minimum absolute atomic E-state index is 0.0179. The van der Waals surface area contributed by atoms with E-state index in [0.29, 0.717) is 0 Å². The van der Waals surface area contributed by atoms with E-state index in [4.69, 9.17) is 0 Å². The van der Waals surface area contributed by atoms with Crippen molar-refractivity contribution in [3.8, 4) is 0 Å². The van der Waals surface area contributed by atoms with Gasteiger partial charge in [-0.25, -0.2) is 0 Å². The smallest absolute Gasteiger partial charge is 0.261 e. The number of carbonyl (C=O) groups is 1. The van der Waals surface area contributed by atoms with Gasteiger partial charge in [-0.05, 0) is 59.8 Å². The first-order valence-electron chi connectivity index (χ1n) is 6.67. The molecular formula is C16H18BrNOS. The van der Waals surface area contributed by atoms with Gasteiger partial charge in [0.1, 0.15) is 0 Å². The van der Waals surface area contributed by atoms with E-state index in [1.807, 2.05) is 31.2 Å². The van der Waals surface area contributed by atoms with Crippen molar-refractivity contribution in [3.63, 3.8) is 0 Å². The summed E-state index contributed by atoms with van der Waals surface area (Å²) in [5.74, 6) is 0.0179. The second-order valence-corrected chi connectivity index (χ2v) is 7.34. The SMILES string of the molecule is Cc1cc(C(=O)NC(C)CCc2ccccc2)sc1Br. The summed E-state index contributed by atoms with van der Waals surface area (Å²) < 4.78 is 1.03. The number of benzene rings is 1. The van der Waals surface area contributed by atoms with Crippen molar-refractivity contribution in [3.05, 3.63) is 56.2 Å². The number of nitrogens with one attached hydrogen (secondary N) is 1. The molecule has 1 amide bonds. The quantitative estimate of drug-likeness (QED) is 0.839. The largest absolute Gasteiger partial charge is 0.349 e. The molecule has 0 spiro atoms. The van der Waals surface area contributed by atoms with Crippen LogP contribution in [0.4, 0.5) is 0 Å². The molecule has 0 aliphatic carbocycles. The van der Waals surface area contributed by atoms with Crippen LogP contribution >= 0.6 is 27.3 Å². The third-order valence-electron chi connectivity index (χ3n) is 3.17. The van der Waals surface area contributed by atoms with Crippen LogP contribution in [0.3, 0.4) is 0 Å². The Morgan fingerprint density at radius 1 is 1.35 bits per heavy atom. The predicted octanol–water partition coefficient (Wildman–Crippen LogP) is 4.57. The van der Waals surface area contributed by atoms with Gasteiger partial charge in [-0.1, -0.05) is 30.3 Å². The molecule has 0 aliphatic rings. The molecule has 2 nitrogen and oxygen atoms in total. The molecule has 2 aromatic rings. The molecule has 20 heavy (non-hydrogen) atoms. The Bertz CT molecular complexity index is 560. The van der Waals surface area contributed by atoms with Crippen molar-refractivity contribution in [2.45, 2.75) is 32.7 Å². The van der Waals surface area contributed by atoms with Gasteiger partial charge in [0.15, 0.2) is 0 Å². The molecular weight excluding hydrogens is 334 g/mol. The van der Waals surface area contributed by atoms with Crippen LogP contribution in [0.5, 0.6) is 0 Å². The van der Waals surface area contributed by atoms with E-state index in [0.717, 1.165) is 27.1 Å². The molecule has 0 saturated carbocycles. The summed E-state index contributed by atoms with van der Waals surface area (Å²) in [6.07, 6.45) is 1.93. The fourth-order valence-corrected chi connectivity index (χ4v) is 3.40. The van der Waals surface area contributed by atoms with Crippen LogP contribution in [0.15, 0.2) is 40.2 Å². The Labute approximate surface area is 132 Å². The Morgan fingerprint density at radius 2 is 2.05 bits per heavy atom. The van der Waals surface area contributed by atoms with Crippen LogP contribution in [-0.4, -0.2) is 11.9 Å². The van der Waals surface area contributed by atoms with Gasteiger partial charge in [0.25, 0.3) is 5.91 Å². The molecule has 0 radical (unpaired) electrons. The first kappa shape index (κ1) is 15.3. The maximum absolute atomic E-state index is 12.1. The Kier molecular flexibility index (Phi) is 5.38. The van der Waals surface area contributed by atoms with E-state index >= 15 is 0 Å². The molecule has 1 N–H and O–H groups in total. The van der Waals surface area contributed by atoms with Gasteiger partial charge in [-0.2, -0.15) is 0 Å². The number of hydrogen-bond acceptors (Lipinski definition) is 2. The first-order chi connectivity index (χ1) is 9.56. The van der Waals surface area contributed by atoms with Crippen molar-refractivity contribution in [2.75, 3.05) is 0 Å². The highest BCUT2D eigenvalue weighted by atomic mass is 79.9. The molecule has 1 aromatic carbocycles. The zero-order valence-corrected chi connectivity index (χ0v) is 14.1. The number of hydrogen-bond donors (Lipinski definition) is 1. The maximum atomic E-state index is 12.1. The van der Waals surface area contributed by atoms with E-state index in [-0.39, 0.29) is 11.9 Å². The lowest BCUT2D eigenvalue weighted by Gasteiger charge is -2.13. The molecule has 1 heterocycles. The molecule has 106 valence electrons. The number of carbonyl (C=O) groups excluding carboxylic acids is 1. The summed E-state index contributed by atoms with van der Waals surface area (Å²) in [7, 11) is 0. The van der Waals surface area contributed by atoms with Gasteiger partial charge in [-0.15, -0.1) is 11.3 Å². The molecule has 1 unspecified atom stereocenters. The summed E-state index contributed by atoms with van der Waals surface area (Å²) in [5.41, 5.74) is 2.42. The van der Waals surface area contributed by atoms with Crippen LogP contribution in [0.2, 0.25) is 0 Å². The van der Waals surface area contributed by atoms with Crippen LogP contribution < -0.4 is 5.32 Å². The van der Waals surface area contributed by atoms with Gasteiger partial charge in [0.2, 0.25) is 0 Å². The maximum Gasteiger partial charge on any atom is 0.261 e. The van der Waals surface area contributed by atoms with Gasteiger partial charge < -0.3 is 5.32 Å². The standard InChI is InChI=1S/C16H18BrNOS/c1-11-10-14(20-15(11)17)16(19)18-12(2)8-9-13-6-4-3-5-7-13/h3-7,10,12H,8-9H2,1-2H3,(H,18,19). The summed E-state index contributed by atoms with van der Waals surface area (Å²) in [4.78, 5) is 12.9. The van der Waals surface area contributed by atoms with Crippen molar-refractivity contribution in [2.24, 2.45) is 0 Å². The second kappa shape index (κ2) is 7.04. The van der Waals surface area contributed by atoms with Crippen LogP contribution in [0.1, 0.15) is 34.1 Å². The third kappa shape index (κ3) is 4.18. The summed E-state index contributed by atoms with van der Waals surface area (Å²) in [5, 5.41) is 3.06. The number of halogens is 1. The monoisotopic (exact) mass is 351 g/mol. The number of aryl methyl sites for hydroxylation is 2. The van der Waals surface area contributed by atoms with Crippen molar-refractivity contribution in [1.82, 2.24) is 5.32 Å². The highest BCUT2D eigenvalue weighted by molar-refractivity contribution is 9.11. The lowest BCUT2D eigenvalue weighted by atomic mass is 10.1. The van der Waals surface area contributed by atoms with Crippen molar-refractivity contribution < 1.29 is 4.79 Å². The highest BCUT2D eigenvalue weighted by Gasteiger charge is 2.13. The Balaban J connectivity index is 1.85. The zero-order chi connectivity index (χ0) is 14.5. The lowest BCUT2D eigenvalue weighted by Crippen LogP contribution is -2.32. The number of rotatable bonds is 5. The van der Waals surface area contributed by atoms with Crippen molar-refractivity contribution in [1.29, 1.82) is 0 Å². The van der Waals surface area contributed by atoms with E-state index < -0.39 is 0 Å². The van der Waals surface area contributed by atoms with Crippen LogP contribution in [0.25, 0.3) is 0 Å². The zero-order valence-electron chi connectivity index (χ0n) is 11.7. The van der Waals surface area contributed by atoms with E-state index in [1.54, 1.807) is 0 Å². The minimum Gasteiger partial charge on any atom is -0.349 e. The van der Waals surface area contributed by atoms with Crippen LogP contribution in [0, 0.1) is 6.92 Å². The fraction of sp³-hybridized carbons (Fsp3) is 0.312. The molecule has 4 heteroatoms. The third-order valence-corrected chi connectivity index (χ3v) is 5.30. The predicted molar refractivity (Wildman–Crippen MR) is 88.4 cm³/mol. The molecule has 1 aromatic heterocycles. The summed E-state index contributed by atoms with van der Waals surface area (Å²) in [6.45, 7) is 4.05. The fourth-order valence-electron chi connectivity index (χ4n) is 1.97. The second-order valence-electron chi connectivity index (χ2n) is 4.97. The molecule has 0 fully saturated rings. The summed E-state index contributed by atoms with van der Waals surface area (Å²) in [6, 6.07) is 12.4. The lowest BCUT2D eigenvalue weighted by molar-refractivity contribution is 0.0942. The van der Waals surface area contributed by atoms with Gasteiger partial charge in [-0.3, -0.25) is 4.79 Å². The van der Waals surface area contributed by atoms with Crippen molar-refractivity contribution >= 4 is 33.2 Å². The highest BCUT2D eigenvalue weighted by Crippen LogP contribution is 2.27. The Hall–Kier alpha value is -1.13. The molecule has 2 rings (SSSR count). The number of thiophene rings is 1. The molecule has 0 saturated heterocycles. The van der Waals surface area contributed by atoms with E-state index in [1.165, 1.54) is 16.9 Å². The van der Waals surface area contributed by atoms with Crippen LogP contribution in [-0.2, 0) is 6.42 Å². The number of amides is 1. The summed E-state index contributed by atoms with van der Waals surface area (Å²) >= 11 is 4.93. The molecule has 0 aliphatic heterocycles. The van der Waals surface area contributed by atoms with Gasteiger partial charge >= 0.3 is 0 Å². The molecule has 1 atom stereocenters.